The number of aryl methyl sites for hydroxylation is 1. The second-order valence-electron chi connectivity index (χ2n) is 7.04. The summed E-state index contributed by atoms with van der Waals surface area (Å²) in [5, 5.41) is 0. The fraction of sp³-hybridized carbons (Fsp3) is 0.348. The van der Waals surface area contributed by atoms with E-state index in [9.17, 15) is 14.4 Å². The van der Waals surface area contributed by atoms with Crippen LogP contribution in [0, 0.1) is 0 Å². The SMILES string of the molecule is COC(=O)[C@@H]1Cc2ccccc2CN1C(=O)COC(=O)CCc1ccc(OC)cc1. The third-order valence-corrected chi connectivity index (χ3v) is 5.18. The lowest BCUT2D eigenvalue weighted by molar-refractivity contribution is -0.159. The smallest absolute Gasteiger partial charge is 0.328 e. The van der Waals surface area contributed by atoms with Gasteiger partial charge in [-0.15, -0.1) is 0 Å². The van der Waals surface area contributed by atoms with Gasteiger partial charge in [-0.1, -0.05) is 36.4 Å². The average Bonchev–Trinajstić information content (AvgIpc) is 2.80. The Morgan fingerprint density at radius 1 is 1.00 bits per heavy atom. The van der Waals surface area contributed by atoms with E-state index in [0.29, 0.717) is 12.8 Å². The number of hydrogen-bond donors (Lipinski definition) is 0. The van der Waals surface area contributed by atoms with Gasteiger partial charge in [0.1, 0.15) is 11.8 Å². The van der Waals surface area contributed by atoms with Crippen LogP contribution >= 0.6 is 0 Å². The molecule has 2 aromatic rings. The van der Waals surface area contributed by atoms with Crippen molar-refractivity contribution in [2.24, 2.45) is 0 Å². The van der Waals surface area contributed by atoms with E-state index < -0.39 is 30.5 Å². The first-order valence-corrected chi connectivity index (χ1v) is 9.74. The van der Waals surface area contributed by atoms with Gasteiger partial charge in [0.05, 0.1) is 14.2 Å². The zero-order valence-corrected chi connectivity index (χ0v) is 17.1. The number of carbonyl (C=O) groups excluding carboxylic acids is 3. The standard InChI is InChI=1S/C23H25NO6/c1-28-19-10-7-16(8-11-19)9-12-22(26)30-15-21(25)24-14-18-6-4-3-5-17(18)13-20(24)23(27)29-2/h3-8,10-11,20H,9,12-15H2,1-2H3/t20-/m0/s1. The van der Waals surface area contributed by atoms with Crippen molar-refractivity contribution in [1.29, 1.82) is 0 Å². The number of hydrogen-bond acceptors (Lipinski definition) is 6. The van der Waals surface area contributed by atoms with Crippen molar-refractivity contribution in [3.05, 3.63) is 65.2 Å². The summed E-state index contributed by atoms with van der Waals surface area (Å²) < 4.78 is 15.1. The van der Waals surface area contributed by atoms with Gasteiger partial charge in [-0.25, -0.2) is 4.79 Å². The molecule has 0 bridgehead atoms. The van der Waals surface area contributed by atoms with Gasteiger partial charge in [0.25, 0.3) is 5.91 Å². The predicted molar refractivity (Wildman–Crippen MR) is 109 cm³/mol. The molecule has 0 aromatic heterocycles. The third kappa shape index (κ3) is 5.17. The maximum Gasteiger partial charge on any atom is 0.328 e. The van der Waals surface area contributed by atoms with E-state index in [1.165, 1.54) is 12.0 Å². The highest BCUT2D eigenvalue weighted by Gasteiger charge is 2.35. The third-order valence-electron chi connectivity index (χ3n) is 5.18. The molecule has 0 aliphatic carbocycles. The summed E-state index contributed by atoms with van der Waals surface area (Å²) in [7, 11) is 2.89. The summed E-state index contributed by atoms with van der Waals surface area (Å²) in [5.41, 5.74) is 2.95. The molecule has 1 heterocycles. The minimum atomic E-state index is -0.726. The first-order chi connectivity index (χ1) is 14.5. The fourth-order valence-electron chi connectivity index (χ4n) is 3.47. The summed E-state index contributed by atoms with van der Waals surface area (Å²) in [6.45, 7) is -0.130. The Hall–Kier alpha value is -3.35. The van der Waals surface area contributed by atoms with Crippen molar-refractivity contribution in [2.75, 3.05) is 20.8 Å². The lowest BCUT2D eigenvalue weighted by atomic mass is 9.94. The number of methoxy groups -OCH3 is 2. The summed E-state index contributed by atoms with van der Waals surface area (Å²) in [6, 6.07) is 14.3. The summed E-state index contributed by atoms with van der Waals surface area (Å²) in [5.74, 6) is -0.622. The van der Waals surface area contributed by atoms with Crippen LogP contribution in [-0.2, 0) is 43.2 Å². The van der Waals surface area contributed by atoms with E-state index >= 15 is 0 Å². The van der Waals surface area contributed by atoms with Crippen LogP contribution in [0.5, 0.6) is 5.75 Å². The Morgan fingerprint density at radius 2 is 1.70 bits per heavy atom. The molecule has 3 rings (SSSR count). The van der Waals surface area contributed by atoms with Crippen molar-refractivity contribution in [3.8, 4) is 5.75 Å². The van der Waals surface area contributed by atoms with Crippen LogP contribution in [0.3, 0.4) is 0 Å². The molecular formula is C23H25NO6. The monoisotopic (exact) mass is 411 g/mol. The Bertz CT molecular complexity index is 908. The lowest BCUT2D eigenvalue weighted by Gasteiger charge is -2.35. The van der Waals surface area contributed by atoms with Gasteiger partial charge in [0.2, 0.25) is 0 Å². The Labute approximate surface area is 175 Å². The second-order valence-corrected chi connectivity index (χ2v) is 7.04. The van der Waals surface area contributed by atoms with Gasteiger partial charge in [-0.2, -0.15) is 0 Å². The molecule has 0 fully saturated rings. The first-order valence-electron chi connectivity index (χ1n) is 9.74. The zero-order valence-electron chi connectivity index (χ0n) is 17.1. The van der Waals surface area contributed by atoms with Crippen molar-refractivity contribution >= 4 is 17.8 Å². The Balaban J connectivity index is 1.55. The molecule has 30 heavy (non-hydrogen) atoms. The summed E-state index contributed by atoms with van der Waals surface area (Å²) >= 11 is 0. The molecule has 2 aromatic carbocycles. The molecule has 0 unspecified atom stereocenters. The average molecular weight is 411 g/mol. The van der Waals surface area contributed by atoms with Crippen LogP contribution < -0.4 is 4.74 Å². The van der Waals surface area contributed by atoms with E-state index in [-0.39, 0.29) is 13.0 Å². The van der Waals surface area contributed by atoms with Crippen LogP contribution in [-0.4, -0.2) is 49.6 Å². The Morgan fingerprint density at radius 3 is 2.37 bits per heavy atom. The molecule has 0 N–H and O–H groups in total. The van der Waals surface area contributed by atoms with Crippen molar-refractivity contribution < 1.29 is 28.6 Å². The summed E-state index contributed by atoms with van der Waals surface area (Å²) in [4.78, 5) is 38.4. The van der Waals surface area contributed by atoms with Crippen LogP contribution in [0.15, 0.2) is 48.5 Å². The van der Waals surface area contributed by atoms with Crippen LogP contribution in [0.4, 0.5) is 0 Å². The minimum absolute atomic E-state index is 0.156. The highest BCUT2D eigenvalue weighted by molar-refractivity contribution is 5.87. The van der Waals surface area contributed by atoms with Gasteiger partial charge in [0.15, 0.2) is 6.61 Å². The number of benzene rings is 2. The molecule has 1 aliphatic rings. The van der Waals surface area contributed by atoms with E-state index in [0.717, 1.165) is 22.4 Å². The maximum absolute atomic E-state index is 12.7. The molecule has 7 heteroatoms. The zero-order chi connectivity index (χ0) is 21.5. The maximum atomic E-state index is 12.7. The molecular weight excluding hydrogens is 386 g/mol. The van der Waals surface area contributed by atoms with Gasteiger partial charge in [-0.05, 0) is 35.2 Å². The quantitative estimate of drug-likeness (QED) is 0.651. The molecule has 1 aliphatic heterocycles. The predicted octanol–water partition coefficient (Wildman–Crippen LogP) is 2.30. The molecule has 1 atom stereocenters. The van der Waals surface area contributed by atoms with Gasteiger partial charge >= 0.3 is 11.9 Å². The summed E-state index contributed by atoms with van der Waals surface area (Å²) in [6.07, 6.45) is 1.03. The topological polar surface area (TPSA) is 82.1 Å². The van der Waals surface area contributed by atoms with E-state index in [1.807, 2.05) is 48.5 Å². The van der Waals surface area contributed by atoms with Crippen LogP contribution in [0.25, 0.3) is 0 Å². The highest BCUT2D eigenvalue weighted by Crippen LogP contribution is 2.24. The second kappa shape index (κ2) is 9.91. The van der Waals surface area contributed by atoms with E-state index in [2.05, 4.69) is 0 Å². The van der Waals surface area contributed by atoms with Crippen LogP contribution in [0.1, 0.15) is 23.1 Å². The van der Waals surface area contributed by atoms with Crippen molar-refractivity contribution in [2.45, 2.75) is 31.8 Å². The highest BCUT2D eigenvalue weighted by atomic mass is 16.5. The minimum Gasteiger partial charge on any atom is -0.497 e. The molecule has 158 valence electrons. The number of nitrogens with zero attached hydrogens (tertiary/aromatic N) is 1. The van der Waals surface area contributed by atoms with Gasteiger partial charge < -0.3 is 19.1 Å². The first kappa shape index (κ1) is 21.4. The normalized spacial score (nSPS) is 15.1. The number of esters is 2. The molecule has 0 spiro atoms. The van der Waals surface area contributed by atoms with Gasteiger partial charge in [-0.3, -0.25) is 9.59 Å². The van der Waals surface area contributed by atoms with E-state index in [1.54, 1.807) is 7.11 Å². The molecule has 0 radical (unpaired) electrons. The van der Waals surface area contributed by atoms with Gasteiger partial charge in [0, 0.05) is 19.4 Å². The molecule has 1 amide bonds. The lowest BCUT2D eigenvalue weighted by Crippen LogP contribution is -2.50. The van der Waals surface area contributed by atoms with Crippen molar-refractivity contribution in [3.63, 3.8) is 0 Å². The number of carbonyl (C=O) groups is 3. The number of rotatable bonds is 7. The van der Waals surface area contributed by atoms with Crippen LogP contribution in [0.2, 0.25) is 0 Å². The molecule has 0 saturated heterocycles. The largest absolute Gasteiger partial charge is 0.497 e. The van der Waals surface area contributed by atoms with E-state index in [4.69, 9.17) is 14.2 Å². The molecule has 7 nitrogen and oxygen atoms in total. The number of fused-ring (bicyclic) bond motifs is 1. The van der Waals surface area contributed by atoms with Crippen molar-refractivity contribution in [1.82, 2.24) is 4.90 Å². The molecule has 0 saturated carbocycles. The fourth-order valence-corrected chi connectivity index (χ4v) is 3.47. The number of amides is 1. The Kier molecular flexibility index (Phi) is 7.06. The number of ether oxygens (including phenoxy) is 3.